The van der Waals surface area contributed by atoms with Gasteiger partial charge in [-0.2, -0.15) is 4.98 Å². The molecule has 1 fully saturated rings. The molecular weight excluding hydrogens is 378 g/mol. The third-order valence-electron chi connectivity index (χ3n) is 5.47. The van der Waals surface area contributed by atoms with E-state index in [1.54, 1.807) is 6.20 Å². The Morgan fingerprint density at radius 3 is 2.73 bits per heavy atom. The molecule has 7 heteroatoms. The molecule has 3 aromatic rings. The van der Waals surface area contributed by atoms with Gasteiger partial charge in [0.05, 0.1) is 5.56 Å². The van der Waals surface area contributed by atoms with Crippen LogP contribution in [0.2, 0.25) is 0 Å². The van der Waals surface area contributed by atoms with Crippen LogP contribution in [0.15, 0.2) is 53.2 Å². The minimum atomic E-state index is 0.0679. The van der Waals surface area contributed by atoms with Gasteiger partial charge in [-0.25, -0.2) is 4.98 Å². The van der Waals surface area contributed by atoms with Crippen molar-refractivity contribution in [1.82, 2.24) is 20.4 Å². The van der Waals surface area contributed by atoms with Crippen molar-refractivity contribution in [2.45, 2.75) is 32.6 Å². The molecule has 0 bridgehead atoms. The second kappa shape index (κ2) is 9.52. The number of anilines is 1. The molecule has 30 heavy (non-hydrogen) atoms. The van der Waals surface area contributed by atoms with Crippen molar-refractivity contribution < 1.29 is 9.32 Å². The van der Waals surface area contributed by atoms with E-state index in [1.807, 2.05) is 42.5 Å². The lowest BCUT2D eigenvalue weighted by molar-refractivity contribution is -0.125. The van der Waals surface area contributed by atoms with E-state index < -0.39 is 0 Å². The maximum Gasteiger partial charge on any atom is 0.261 e. The van der Waals surface area contributed by atoms with Gasteiger partial charge in [0.1, 0.15) is 5.82 Å². The van der Waals surface area contributed by atoms with E-state index in [4.69, 9.17) is 4.52 Å². The van der Waals surface area contributed by atoms with Crippen molar-refractivity contribution in [3.63, 3.8) is 0 Å². The molecule has 156 valence electrons. The summed E-state index contributed by atoms with van der Waals surface area (Å²) in [6.45, 7) is 4.44. The molecule has 3 heterocycles. The number of benzene rings is 1. The van der Waals surface area contributed by atoms with Crippen LogP contribution < -0.4 is 10.2 Å². The fraction of sp³-hybridized carbons (Fsp3) is 0.391. The van der Waals surface area contributed by atoms with E-state index in [2.05, 4.69) is 32.3 Å². The quantitative estimate of drug-likeness (QED) is 0.600. The number of piperidine rings is 1. The van der Waals surface area contributed by atoms with Crippen LogP contribution in [-0.2, 0) is 4.79 Å². The number of aromatic nitrogens is 3. The Morgan fingerprint density at radius 1 is 1.17 bits per heavy atom. The van der Waals surface area contributed by atoms with Crippen molar-refractivity contribution >= 4 is 11.7 Å². The summed E-state index contributed by atoms with van der Waals surface area (Å²) in [5.74, 6) is 2.08. The molecule has 1 saturated heterocycles. The summed E-state index contributed by atoms with van der Waals surface area (Å²) in [7, 11) is 0. The fourth-order valence-corrected chi connectivity index (χ4v) is 3.74. The van der Waals surface area contributed by atoms with Gasteiger partial charge in [-0.05, 0) is 31.4 Å². The first-order valence-corrected chi connectivity index (χ1v) is 10.6. The molecule has 1 N–H and O–H groups in total. The predicted octanol–water partition coefficient (Wildman–Crippen LogP) is 3.93. The molecule has 0 aliphatic carbocycles. The molecule has 1 aliphatic rings. The molecule has 1 aromatic carbocycles. The summed E-state index contributed by atoms with van der Waals surface area (Å²) in [5.41, 5.74) is 1.73. The van der Waals surface area contributed by atoms with E-state index in [0.717, 1.165) is 62.3 Å². The standard InChI is InChI=1S/C23H27N5O2/c1-2-3-13-25-22(29)18-11-15-28(16-12-18)21-19(10-7-14-24-21)23-26-20(27-30-23)17-8-5-4-6-9-17/h4-10,14,18H,2-3,11-13,15-16H2,1H3,(H,25,29). The molecule has 1 amide bonds. The summed E-state index contributed by atoms with van der Waals surface area (Å²) >= 11 is 0. The molecule has 0 radical (unpaired) electrons. The topological polar surface area (TPSA) is 84.2 Å². The number of nitrogens with zero attached hydrogens (tertiary/aromatic N) is 4. The van der Waals surface area contributed by atoms with Crippen LogP contribution in [0.25, 0.3) is 22.8 Å². The van der Waals surface area contributed by atoms with Crippen LogP contribution in [-0.4, -0.2) is 40.7 Å². The average molecular weight is 406 g/mol. The maximum atomic E-state index is 12.4. The van der Waals surface area contributed by atoms with Gasteiger partial charge in [0.25, 0.3) is 5.89 Å². The normalized spacial score (nSPS) is 14.6. The lowest BCUT2D eigenvalue weighted by Gasteiger charge is -2.32. The van der Waals surface area contributed by atoms with E-state index in [9.17, 15) is 4.79 Å². The smallest absolute Gasteiger partial charge is 0.261 e. The van der Waals surface area contributed by atoms with Gasteiger partial charge in [0.2, 0.25) is 11.7 Å². The highest BCUT2D eigenvalue weighted by atomic mass is 16.5. The Labute approximate surface area is 176 Å². The second-order valence-corrected chi connectivity index (χ2v) is 7.57. The predicted molar refractivity (Wildman–Crippen MR) is 116 cm³/mol. The second-order valence-electron chi connectivity index (χ2n) is 7.57. The molecule has 4 rings (SSSR count). The highest BCUT2D eigenvalue weighted by Crippen LogP contribution is 2.31. The lowest BCUT2D eigenvalue weighted by Crippen LogP contribution is -2.41. The highest BCUT2D eigenvalue weighted by Gasteiger charge is 2.27. The van der Waals surface area contributed by atoms with Gasteiger partial charge in [0, 0.05) is 37.3 Å². The van der Waals surface area contributed by atoms with Crippen LogP contribution >= 0.6 is 0 Å². The van der Waals surface area contributed by atoms with Crippen LogP contribution in [0.1, 0.15) is 32.6 Å². The number of hydrogen-bond acceptors (Lipinski definition) is 6. The van der Waals surface area contributed by atoms with E-state index >= 15 is 0 Å². The van der Waals surface area contributed by atoms with Crippen molar-refractivity contribution in [2.24, 2.45) is 5.92 Å². The van der Waals surface area contributed by atoms with Crippen LogP contribution in [0.5, 0.6) is 0 Å². The van der Waals surface area contributed by atoms with Crippen molar-refractivity contribution in [1.29, 1.82) is 0 Å². The average Bonchev–Trinajstić information content (AvgIpc) is 3.30. The van der Waals surface area contributed by atoms with Crippen LogP contribution in [0.4, 0.5) is 5.82 Å². The molecule has 0 saturated carbocycles. The SMILES string of the molecule is CCCCNC(=O)C1CCN(c2ncccc2-c2nc(-c3ccccc3)no2)CC1. The summed E-state index contributed by atoms with van der Waals surface area (Å²) in [6, 6.07) is 13.6. The van der Waals surface area contributed by atoms with E-state index in [0.29, 0.717) is 11.7 Å². The third kappa shape index (κ3) is 4.50. The van der Waals surface area contributed by atoms with Gasteiger partial charge in [-0.15, -0.1) is 0 Å². The Morgan fingerprint density at radius 2 is 1.97 bits per heavy atom. The Kier molecular flexibility index (Phi) is 6.37. The molecular formula is C23H27N5O2. The first-order chi connectivity index (χ1) is 14.8. The monoisotopic (exact) mass is 405 g/mol. The Bertz CT molecular complexity index is 964. The van der Waals surface area contributed by atoms with Crippen LogP contribution in [0.3, 0.4) is 0 Å². The lowest BCUT2D eigenvalue weighted by atomic mass is 9.95. The molecule has 1 aliphatic heterocycles. The fourth-order valence-electron chi connectivity index (χ4n) is 3.74. The summed E-state index contributed by atoms with van der Waals surface area (Å²) in [6.07, 6.45) is 5.51. The van der Waals surface area contributed by atoms with Gasteiger partial charge in [-0.3, -0.25) is 4.79 Å². The first-order valence-electron chi connectivity index (χ1n) is 10.6. The number of rotatable bonds is 7. The van der Waals surface area contributed by atoms with Gasteiger partial charge in [-0.1, -0.05) is 48.8 Å². The first kappa shape index (κ1) is 20.1. The number of carbonyl (C=O) groups is 1. The van der Waals surface area contributed by atoms with Crippen molar-refractivity contribution in [3.05, 3.63) is 48.7 Å². The summed E-state index contributed by atoms with van der Waals surface area (Å²) in [4.78, 5) is 23.7. The Balaban J connectivity index is 1.46. The third-order valence-corrected chi connectivity index (χ3v) is 5.47. The zero-order chi connectivity index (χ0) is 20.8. The number of carbonyl (C=O) groups excluding carboxylic acids is 1. The zero-order valence-corrected chi connectivity index (χ0v) is 17.3. The molecule has 0 atom stereocenters. The highest BCUT2D eigenvalue weighted by molar-refractivity contribution is 5.79. The summed E-state index contributed by atoms with van der Waals surface area (Å²) < 4.78 is 5.56. The number of nitrogens with one attached hydrogen (secondary N) is 1. The largest absolute Gasteiger partial charge is 0.356 e. The van der Waals surface area contributed by atoms with Crippen LogP contribution in [0, 0.1) is 5.92 Å². The van der Waals surface area contributed by atoms with Gasteiger partial charge >= 0.3 is 0 Å². The van der Waals surface area contributed by atoms with E-state index in [1.165, 1.54) is 0 Å². The minimum absolute atomic E-state index is 0.0679. The molecule has 0 unspecified atom stereocenters. The molecule has 0 spiro atoms. The number of pyridine rings is 1. The number of unbranched alkanes of at least 4 members (excludes halogenated alkanes) is 1. The van der Waals surface area contributed by atoms with Gasteiger partial charge < -0.3 is 14.7 Å². The molecule has 7 nitrogen and oxygen atoms in total. The van der Waals surface area contributed by atoms with E-state index in [-0.39, 0.29) is 11.8 Å². The number of amides is 1. The minimum Gasteiger partial charge on any atom is -0.356 e. The van der Waals surface area contributed by atoms with Crippen molar-refractivity contribution in [3.8, 4) is 22.8 Å². The number of hydrogen-bond donors (Lipinski definition) is 1. The Hall–Kier alpha value is -3.22. The summed E-state index contributed by atoms with van der Waals surface area (Å²) in [5, 5.41) is 7.19. The zero-order valence-electron chi connectivity index (χ0n) is 17.3. The van der Waals surface area contributed by atoms with Gasteiger partial charge in [0.15, 0.2) is 0 Å². The maximum absolute atomic E-state index is 12.4. The molecule has 2 aromatic heterocycles. The van der Waals surface area contributed by atoms with Crippen molar-refractivity contribution in [2.75, 3.05) is 24.5 Å².